The highest BCUT2D eigenvalue weighted by Crippen LogP contribution is 1.88. The van der Waals surface area contributed by atoms with Crippen molar-refractivity contribution in [1.82, 2.24) is 10.6 Å². The van der Waals surface area contributed by atoms with Crippen molar-refractivity contribution in [3.05, 3.63) is 0 Å². The molecule has 2 N–H and O–H groups in total. The SMILES string of the molecule is CCCCOCCCNC(=O)CNC.Cl. The van der Waals surface area contributed by atoms with Crippen LogP contribution in [0.5, 0.6) is 0 Å². The molecule has 0 aromatic heterocycles. The van der Waals surface area contributed by atoms with Crippen LogP contribution in [-0.2, 0) is 9.53 Å². The number of unbranched alkanes of at least 4 members (excludes halogenated alkanes) is 1. The van der Waals surface area contributed by atoms with Crippen LogP contribution >= 0.6 is 12.4 Å². The lowest BCUT2D eigenvalue weighted by molar-refractivity contribution is -0.120. The summed E-state index contributed by atoms with van der Waals surface area (Å²) in [5.41, 5.74) is 0. The molecule has 0 spiro atoms. The van der Waals surface area contributed by atoms with Gasteiger partial charge in [0.1, 0.15) is 0 Å². The van der Waals surface area contributed by atoms with Gasteiger partial charge >= 0.3 is 0 Å². The quantitative estimate of drug-likeness (QED) is 0.588. The number of hydrogen-bond donors (Lipinski definition) is 2. The third-order valence-electron chi connectivity index (χ3n) is 1.77. The first-order chi connectivity index (χ1) is 6.81. The second kappa shape index (κ2) is 13.7. The van der Waals surface area contributed by atoms with E-state index in [-0.39, 0.29) is 18.3 Å². The summed E-state index contributed by atoms with van der Waals surface area (Å²) >= 11 is 0. The van der Waals surface area contributed by atoms with Crippen molar-refractivity contribution in [2.75, 3.05) is 33.4 Å². The van der Waals surface area contributed by atoms with Crippen LogP contribution in [0.1, 0.15) is 26.2 Å². The Morgan fingerprint density at radius 1 is 1.27 bits per heavy atom. The van der Waals surface area contributed by atoms with Gasteiger partial charge in [-0.2, -0.15) is 0 Å². The molecule has 0 fully saturated rings. The lowest BCUT2D eigenvalue weighted by Gasteiger charge is -2.05. The average Bonchev–Trinajstić information content (AvgIpc) is 2.17. The molecule has 0 unspecified atom stereocenters. The topological polar surface area (TPSA) is 50.4 Å². The third-order valence-corrected chi connectivity index (χ3v) is 1.77. The van der Waals surface area contributed by atoms with Crippen LogP contribution < -0.4 is 10.6 Å². The first-order valence-electron chi connectivity index (χ1n) is 5.30. The van der Waals surface area contributed by atoms with E-state index in [4.69, 9.17) is 4.74 Å². The molecule has 0 aliphatic rings. The molecule has 0 aliphatic heterocycles. The Balaban J connectivity index is 0. The Morgan fingerprint density at radius 2 is 1.93 bits per heavy atom. The molecule has 5 heteroatoms. The van der Waals surface area contributed by atoms with E-state index in [2.05, 4.69) is 17.6 Å². The number of carbonyl (C=O) groups is 1. The van der Waals surface area contributed by atoms with E-state index < -0.39 is 0 Å². The number of nitrogens with one attached hydrogen (secondary N) is 2. The van der Waals surface area contributed by atoms with E-state index in [0.29, 0.717) is 13.1 Å². The lowest BCUT2D eigenvalue weighted by atomic mass is 10.3. The summed E-state index contributed by atoms with van der Waals surface area (Å²) in [5.74, 6) is 0.0426. The van der Waals surface area contributed by atoms with Gasteiger partial charge in [-0.1, -0.05) is 13.3 Å². The summed E-state index contributed by atoms with van der Waals surface area (Å²) in [6.45, 7) is 4.80. The monoisotopic (exact) mass is 238 g/mol. The highest BCUT2D eigenvalue weighted by Gasteiger charge is 1.96. The van der Waals surface area contributed by atoms with E-state index in [0.717, 1.165) is 26.1 Å². The van der Waals surface area contributed by atoms with Crippen molar-refractivity contribution >= 4 is 18.3 Å². The summed E-state index contributed by atoms with van der Waals surface area (Å²) in [5, 5.41) is 5.59. The number of hydrogen-bond acceptors (Lipinski definition) is 3. The van der Waals surface area contributed by atoms with Crippen LogP contribution in [0.15, 0.2) is 0 Å². The molecule has 0 bridgehead atoms. The number of carbonyl (C=O) groups excluding carboxylic acids is 1. The van der Waals surface area contributed by atoms with Gasteiger partial charge in [0.2, 0.25) is 5.91 Å². The van der Waals surface area contributed by atoms with E-state index in [9.17, 15) is 4.79 Å². The van der Waals surface area contributed by atoms with Crippen LogP contribution in [0.3, 0.4) is 0 Å². The second-order valence-electron chi connectivity index (χ2n) is 3.20. The van der Waals surface area contributed by atoms with Gasteiger partial charge in [-0.15, -0.1) is 12.4 Å². The molecular formula is C10H23ClN2O2. The van der Waals surface area contributed by atoms with Crippen molar-refractivity contribution in [2.24, 2.45) is 0 Å². The zero-order valence-electron chi connectivity index (χ0n) is 9.67. The maximum absolute atomic E-state index is 11.0. The Hall–Kier alpha value is -0.320. The number of ether oxygens (including phenoxy) is 1. The molecule has 0 rings (SSSR count). The smallest absolute Gasteiger partial charge is 0.233 e. The largest absolute Gasteiger partial charge is 0.381 e. The molecular weight excluding hydrogens is 216 g/mol. The molecule has 0 aromatic carbocycles. The minimum absolute atomic E-state index is 0. The van der Waals surface area contributed by atoms with E-state index in [1.54, 1.807) is 7.05 Å². The summed E-state index contributed by atoms with van der Waals surface area (Å²) in [6.07, 6.45) is 3.17. The maximum atomic E-state index is 11.0. The Bertz CT molecular complexity index is 145. The standard InChI is InChI=1S/C10H22N2O2.ClH/c1-3-4-7-14-8-5-6-12-10(13)9-11-2;/h11H,3-9H2,1-2H3,(H,12,13);1H. The minimum Gasteiger partial charge on any atom is -0.381 e. The van der Waals surface area contributed by atoms with Gasteiger partial charge in [0.25, 0.3) is 0 Å². The predicted molar refractivity (Wildman–Crippen MR) is 64.5 cm³/mol. The molecule has 0 atom stereocenters. The van der Waals surface area contributed by atoms with Crippen molar-refractivity contribution in [1.29, 1.82) is 0 Å². The van der Waals surface area contributed by atoms with E-state index >= 15 is 0 Å². The molecule has 0 radical (unpaired) electrons. The Morgan fingerprint density at radius 3 is 2.53 bits per heavy atom. The summed E-state index contributed by atoms with van der Waals surface area (Å²) in [4.78, 5) is 11.0. The predicted octanol–water partition coefficient (Wildman–Crippen LogP) is 0.951. The zero-order valence-corrected chi connectivity index (χ0v) is 10.5. The van der Waals surface area contributed by atoms with Gasteiger partial charge in [0.15, 0.2) is 0 Å². The molecule has 0 heterocycles. The van der Waals surface area contributed by atoms with Crippen molar-refractivity contribution < 1.29 is 9.53 Å². The average molecular weight is 239 g/mol. The van der Waals surface area contributed by atoms with Crippen molar-refractivity contribution in [3.63, 3.8) is 0 Å². The molecule has 0 aliphatic carbocycles. The molecule has 0 saturated carbocycles. The van der Waals surface area contributed by atoms with Gasteiger partial charge in [-0.3, -0.25) is 4.79 Å². The van der Waals surface area contributed by atoms with Gasteiger partial charge < -0.3 is 15.4 Å². The fourth-order valence-electron chi connectivity index (χ4n) is 0.974. The Labute approximate surface area is 98.6 Å². The lowest BCUT2D eigenvalue weighted by Crippen LogP contribution is -2.33. The number of halogens is 1. The van der Waals surface area contributed by atoms with Crippen molar-refractivity contribution in [3.8, 4) is 0 Å². The van der Waals surface area contributed by atoms with Crippen LogP contribution in [-0.4, -0.2) is 39.3 Å². The maximum Gasteiger partial charge on any atom is 0.233 e. The highest BCUT2D eigenvalue weighted by molar-refractivity contribution is 5.85. The molecule has 92 valence electrons. The number of rotatable bonds is 9. The van der Waals surface area contributed by atoms with E-state index in [1.165, 1.54) is 6.42 Å². The van der Waals surface area contributed by atoms with Crippen LogP contribution in [0.2, 0.25) is 0 Å². The van der Waals surface area contributed by atoms with Gasteiger partial charge in [-0.05, 0) is 19.9 Å². The number of likely N-dealkylation sites (N-methyl/N-ethyl adjacent to an activating group) is 1. The highest BCUT2D eigenvalue weighted by atomic mass is 35.5. The van der Waals surface area contributed by atoms with Crippen LogP contribution in [0.4, 0.5) is 0 Å². The fourth-order valence-corrected chi connectivity index (χ4v) is 0.974. The summed E-state index contributed by atoms with van der Waals surface area (Å²) in [6, 6.07) is 0. The number of amides is 1. The first kappa shape index (κ1) is 17.1. The normalized spacial score (nSPS) is 9.47. The molecule has 15 heavy (non-hydrogen) atoms. The molecule has 0 saturated heterocycles. The Kier molecular flexibility index (Phi) is 15.6. The van der Waals surface area contributed by atoms with Crippen LogP contribution in [0, 0.1) is 0 Å². The first-order valence-corrected chi connectivity index (χ1v) is 5.30. The summed E-state index contributed by atoms with van der Waals surface area (Å²) in [7, 11) is 1.76. The zero-order chi connectivity index (χ0) is 10.6. The van der Waals surface area contributed by atoms with Crippen LogP contribution in [0.25, 0.3) is 0 Å². The molecule has 4 nitrogen and oxygen atoms in total. The van der Waals surface area contributed by atoms with Gasteiger partial charge in [-0.25, -0.2) is 0 Å². The third kappa shape index (κ3) is 13.7. The van der Waals surface area contributed by atoms with Gasteiger partial charge in [0.05, 0.1) is 6.54 Å². The van der Waals surface area contributed by atoms with Crippen molar-refractivity contribution in [2.45, 2.75) is 26.2 Å². The molecule has 1 amide bonds. The summed E-state index contributed by atoms with van der Waals surface area (Å²) < 4.78 is 5.35. The minimum atomic E-state index is 0. The van der Waals surface area contributed by atoms with E-state index in [1.807, 2.05) is 0 Å². The molecule has 0 aromatic rings. The second-order valence-corrected chi connectivity index (χ2v) is 3.20. The fraction of sp³-hybridized carbons (Fsp3) is 0.900. The van der Waals surface area contributed by atoms with Gasteiger partial charge in [0, 0.05) is 19.8 Å².